The SMILES string of the molecule is Cc1ccc(C(C)NC2CC(N)c3ccccc32)cc1F. The lowest BCUT2D eigenvalue weighted by Crippen LogP contribution is -2.23. The van der Waals surface area contributed by atoms with Crippen LogP contribution in [0.1, 0.15) is 53.7 Å². The van der Waals surface area contributed by atoms with Gasteiger partial charge in [-0.25, -0.2) is 4.39 Å². The Kier molecular flexibility index (Phi) is 3.79. The van der Waals surface area contributed by atoms with Crippen LogP contribution in [0.2, 0.25) is 0 Å². The van der Waals surface area contributed by atoms with E-state index < -0.39 is 0 Å². The number of benzene rings is 2. The highest BCUT2D eigenvalue weighted by Gasteiger charge is 2.29. The molecule has 2 aromatic rings. The Bertz CT molecular complexity index is 653. The van der Waals surface area contributed by atoms with E-state index in [0.717, 1.165) is 12.0 Å². The quantitative estimate of drug-likeness (QED) is 0.896. The molecule has 3 unspecified atom stereocenters. The lowest BCUT2D eigenvalue weighted by Gasteiger charge is -2.21. The maximum absolute atomic E-state index is 13.7. The van der Waals surface area contributed by atoms with Crippen LogP contribution in [-0.4, -0.2) is 0 Å². The van der Waals surface area contributed by atoms with Gasteiger partial charge in [0.15, 0.2) is 0 Å². The van der Waals surface area contributed by atoms with Gasteiger partial charge in [0.05, 0.1) is 0 Å². The molecule has 0 aliphatic heterocycles. The fraction of sp³-hybridized carbons (Fsp3) is 0.333. The van der Waals surface area contributed by atoms with E-state index in [1.807, 2.05) is 24.3 Å². The van der Waals surface area contributed by atoms with Crippen molar-refractivity contribution < 1.29 is 4.39 Å². The van der Waals surface area contributed by atoms with E-state index in [2.05, 4.69) is 24.4 Å². The molecule has 0 fully saturated rings. The number of nitrogens with two attached hydrogens (primary N) is 1. The van der Waals surface area contributed by atoms with Crippen molar-refractivity contribution in [2.45, 2.75) is 38.4 Å². The first kappa shape index (κ1) is 14.2. The van der Waals surface area contributed by atoms with Crippen LogP contribution in [0.4, 0.5) is 4.39 Å². The van der Waals surface area contributed by atoms with Crippen LogP contribution in [-0.2, 0) is 0 Å². The predicted molar refractivity (Wildman–Crippen MR) is 83.4 cm³/mol. The lowest BCUT2D eigenvalue weighted by molar-refractivity contribution is 0.444. The lowest BCUT2D eigenvalue weighted by atomic mass is 10.0. The summed E-state index contributed by atoms with van der Waals surface area (Å²) >= 11 is 0. The normalized spacial score (nSPS) is 22.1. The summed E-state index contributed by atoms with van der Waals surface area (Å²) in [5, 5.41) is 3.58. The van der Waals surface area contributed by atoms with E-state index in [4.69, 9.17) is 5.73 Å². The summed E-state index contributed by atoms with van der Waals surface area (Å²) in [6.07, 6.45) is 0.887. The van der Waals surface area contributed by atoms with Crippen LogP contribution in [0.3, 0.4) is 0 Å². The molecule has 21 heavy (non-hydrogen) atoms. The van der Waals surface area contributed by atoms with Crippen molar-refractivity contribution >= 4 is 0 Å². The van der Waals surface area contributed by atoms with Gasteiger partial charge in [0.25, 0.3) is 0 Å². The van der Waals surface area contributed by atoms with Crippen LogP contribution < -0.4 is 11.1 Å². The van der Waals surface area contributed by atoms with Crippen molar-refractivity contribution in [1.82, 2.24) is 5.32 Å². The zero-order chi connectivity index (χ0) is 15.0. The molecule has 3 atom stereocenters. The number of halogens is 1. The molecule has 0 bridgehead atoms. The number of rotatable bonds is 3. The summed E-state index contributed by atoms with van der Waals surface area (Å²) in [6, 6.07) is 14.1. The molecule has 110 valence electrons. The highest BCUT2D eigenvalue weighted by molar-refractivity contribution is 5.37. The van der Waals surface area contributed by atoms with E-state index in [9.17, 15) is 4.39 Å². The second kappa shape index (κ2) is 5.58. The van der Waals surface area contributed by atoms with E-state index in [1.54, 1.807) is 13.0 Å². The van der Waals surface area contributed by atoms with Gasteiger partial charge in [-0.05, 0) is 48.6 Å². The average molecular weight is 284 g/mol. The van der Waals surface area contributed by atoms with Crippen LogP contribution in [0.25, 0.3) is 0 Å². The van der Waals surface area contributed by atoms with Gasteiger partial charge < -0.3 is 11.1 Å². The van der Waals surface area contributed by atoms with Gasteiger partial charge >= 0.3 is 0 Å². The molecular formula is C18H21FN2. The monoisotopic (exact) mass is 284 g/mol. The standard InChI is InChI=1S/C18H21FN2/c1-11-7-8-13(9-16(11)19)12(2)21-18-10-17(20)14-5-3-4-6-15(14)18/h3-9,12,17-18,21H,10,20H2,1-2H3. The number of hydrogen-bond acceptors (Lipinski definition) is 2. The molecule has 3 rings (SSSR count). The Morgan fingerprint density at radius 3 is 2.62 bits per heavy atom. The molecule has 0 saturated heterocycles. The Morgan fingerprint density at radius 1 is 1.19 bits per heavy atom. The molecule has 1 aliphatic rings. The van der Waals surface area contributed by atoms with Crippen molar-refractivity contribution in [2.75, 3.05) is 0 Å². The Hall–Kier alpha value is -1.71. The average Bonchev–Trinajstić information content (AvgIpc) is 2.79. The summed E-state index contributed by atoms with van der Waals surface area (Å²) in [5.74, 6) is -0.148. The molecule has 0 spiro atoms. The molecule has 1 aliphatic carbocycles. The smallest absolute Gasteiger partial charge is 0.126 e. The minimum Gasteiger partial charge on any atom is -0.324 e. The van der Waals surface area contributed by atoms with Gasteiger partial charge in [-0.1, -0.05) is 36.4 Å². The summed E-state index contributed by atoms with van der Waals surface area (Å²) in [7, 11) is 0. The fourth-order valence-corrected chi connectivity index (χ4v) is 3.11. The molecular weight excluding hydrogens is 263 g/mol. The second-order valence-electron chi connectivity index (χ2n) is 5.92. The van der Waals surface area contributed by atoms with Crippen LogP contribution in [0.15, 0.2) is 42.5 Å². The first-order chi connectivity index (χ1) is 10.1. The molecule has 2 aromatic carbocycles. The first-order valence-electron chi connectivity index (χ1n) is 7.42. The van der Waals surface area contributed by atoms with Crippen molar-refractivity contribution in [3.63, 3.8) is 0 Å². The summed E-state index contributed by atoms with van der Waals surface area (Å²) in [5.41, 5.74) is 10.3. The molecule has 3 N–H and O–H groups in total. The topological polar surface area (TPSA) is 38.0 Å². The Balaban J connectivity index is 1.79. The van der Waals surface area contributed by atoms with Crippen LogP contribution in [0, 0.1) is 12.7 Å². The van der Waals surface area contributed by atoms with E-state index in [0.29, 0.717) is 5.56 Å². The van der Waals surface area contributed by atoms with Gasteiger partial charge in [0, 0.05) is 18.1 Å². The third kappa shape index (κ3) is 2.71. The highest BCUT2D eigenvalue weighted by Crippen LogP contribution is 2.38. The molecule has 0 radical (unpaired) electrons. The van der Waals surface area contributed by atoms with E-state index >= 15 is 0 Å². The van der Waals surface area contributed by atoms with Crippen LogP contribution >= 0.6 is 0 Å². The van der Waals surface area contributed by atoms with E-state index in [-0.39, 0.29) is 23.9 Å². The zero-order valence-electron chi connectivity index (χ0n) is 12.4. The third-order valence-electron chi connectivity index (χ3n) is 4.41. The zero-order valence-corrected chi connectivity index (χ0v) is 12.4. The summed E-state index contributed by atoms with van der Waals surface area (Å²) in [4.78, 5) is 0. The minimum absolute atomic E-state index is 0.0839. The highest BCUT2D eigenvalue weighted by atomic mass is 19.1. The van der Waals surface area contributed by atoms with Crippen molar-refractivity contribution in [3.8, 4) is 0 Å². The van der Waals surface area contributed by atoms with Gasteiger partial charge in [-0.2, -0.15) is 0 Å². The number of hydrogen-bond donors (Lipinski definition) is 2. The number of nitrogens with one attached hydrogen (secondary N) is 1. The number of aryl methyl sites for hydroxylation is 1. The van der Waals surface area contributed by atoms with Gasteiger partial charge in [-0.3, -0.25) is 0 Å². The molecule has 2 nitrogen and oxygen atoms in total. The van der Waals surface area contributed by atoms with Crippen molar-refractivity contribution in [2.24, 2.45) is 5.73 Å². The van der Waals surface area contributed by atoms with E-state index in [1.165, 1.54) is 11.1 Å². The molecule has 0 saturated carbocycles. The van der Waals surface area contributed by atoms with Crippen molar-refractivity contribution in [1.29, 1.82) is 0 Å². The predicted octanol–water partition coefficient (Wildman–Crippen LogP) is 3.93. The minimum atomic E-state index is -0.148. The third-order valence-corrected chi connectivity index (χ3v) is 4.41. The summed E-state index contributed by atoms with van der Waals surface area (Å²) < 4.78 is 13.7. The Labute approximate surface area is 125 Å². The largest absolute Gasteiger partial charge is 0.324 e. The maximum Gasteiger partial charge on any atom is 0.126 e. The maximum atomic E-state index is 13.7. The second-order valence-corrected chi connectivity index (χ2v) is 5.92. The Morgan fingerprint density at radius 2 is 1.90 bits per heavy atom. The molecule has 3 heteroatoms. The van der Waals surface area contributed by atoms with Gasteiger partial charge in [0.2, 0.25) is 0 Å². The molecule has 0 heterocycles. The van der Waals surface area contributed by atoms with Crippen molar-refractivity contribution in [3.05, 3.63) is 70.5 Å². The molecule has 0 amide bonds. The van der Waals surface area contributed by atoms with Gasteiger partial charge in [-0.15, -0.1) is 0 Å². The van der Waals surface area contributed by atoms with Gasteiger partial charge in [0.1, 0.15) is 5.82 Å². The number of fused-ring (bicyclic) bond motifs is 1. The fourth-order valence-electron chi connectivity index (χ4n) is 3.11. The molecule has 0 aromatic heterocycles. The first-order valence-corrected chi connectivity index (χ1v) is 7.42. The van der Waals surface area contributed by atoms with Crippen LogP contribution in [0.5, 0.6) is 0 Å². The summed E-state index contributed by atoms with van der Waals surface area (Å²) in [6.45, 7) is 3.85.